The lowest BCUT2D eigenvalue weighted by Gasteiger charge is -1.99. The number of hydrogen-bond donors (Lipinski definition) is 1. The van der Waals surface area contributed by atoms with E-state index in [1.165, 1.54) is 24.2 Å². The Hall–Kier alpha value is -0.480. The number of carboxylic acids is 1. The molecule has 0 aromatic carbocycles. The van der Waals surface area contributed by atoms with E-state index in [4.69, 9.17) is 5.11 Å². The lowest BCUT2D eigenvalue weighted by atomic mass is 10.3. The summed E-state index contributed by atoms with van der Waals surface area (Å²) >= 11 is 3.12. The van der Waals surface area contributed by atoms with Gasteiger partial charge in [0.2, 0.25) is 0 Å². The SMILES string of the molecule is CCCCSCc1ccsc1C(=O)O. The second kappa shape index (κ2) is 6.09. The molecule has 1 N–H and O–H groups in total. The number of aromatic carboxylic acids is 1. The molecule has 0 fully saturated rings. The molecular weight excluding hydrogens is 216 g/mol. The molecule has 0 unspecified atom stereocenters. The third kappa shape index (κ3) is 3.35. The first-order valence-corrected chi connectivity index (χ1v) is 6.66. The van der Waals surface area contributed by atoms with E-state index in [0.29, 0.717) is 4.88 Å². The van der Waals surface area contributed by atoms with Crippen LogP contribution >= 0.6 is 23.1 Å². The highest BCUT2D eigenvalue weighted by molar-refractivity contribution is 7.98. The Morgan fingerprint density at radius 1 is 1.64 bits per heavy atom. The summed E-state index contributed by atoms with van der Waals surface area (Å²) in [6.07, 6.45) is 2.40. The Kier molecular flexibility index (Phi) is 5.04. The summed E-state index contributed by atoms with van der Waals surface area (Å²) in [7, 11) is 0. The minimum absolute atomic E-state index is 0.494. The third-order valence-corrected chi connectivity index (χ3v) is 3.88. The van der Waals surface area contributed by atoms with Crippen LogP contribution in [0.25, 0.3) is 0 Å². The van der Waals surface area contributed by atoms with E-state index in [9.17, 15) is 4.79 Å². The minimum atomic E-state index is -0.800. The van der Waals surface area contributed by atoms with E-state index < -0.39 is 5.97 Å². The van der Waals surface area contributed by atoms with E-state index in [1.54, 1.807) is 0 Å². The van der Waals surface area contributed by atoms with E-state index in [-0.39, 0.29) is 0 Å². The predicted molar refractivity (Wildman–Crippen MR) is 62.3 cm³/mol. The van der Waals surface area contributed by atoms with Gasteiger partial charge >= 0.3 is 5.97 Å². The normalized spacial score (nSPS) is 10.4. The van der Waals surface area contributed by atoms with Crippen molar-refractivity contribution in [2.75, 3.05) is 5.75 Å². The van der Waals surface area contributed by atoms with Crippen molar-refractivity contribution >= 4 is 29.1 Å². The van der Waals surface area contributed by atoms with Gasteiger partial charge in [0.25, 0.3) is 0 Å². The van der Waals surface area contributed by atoms with E-state index >= 15 is 0 Å². The molecule has 0 atom stereocenters. The van der Waals surface area contributed by atoms with Gasteiger partial charge < -0.3 is 5.11 Å². The smallest absolute Gasteiger partial charge is 0.346 e. The second-order valence-electron chi connectivity index (χ2n) is 2.99. The van der Waals surface area contributed by atoms with Crippen LogP contribution in [-0.2, 0) is 5.75 Å². The van der Waals surface area contributed by atoms with E-state index in [2.05, 4.69) is 6.92 Å². The highest BCUT2D eigenvalue weighted by Crippen LogP contribution is 2.22. The van der Waals surface area contributed by atoms with Crippen LogP contribution < -0.4 is 0 Å². The molecule has 78 valence electrons. The fourth-order valence-electron chi connectivity index (χ4n) is 1.07. The molecule has 0 aliphatic carbocycles. The van der Waals surface area contributed by atoms with Gasteiger partial charge in [0, 0.05) is 5.75 Å². The van der Waals surface area contributed by atoms with Crippen molar-refractivity contribution < 1.29 is 9.90 Å². The lowest BCUT2D eigenvalue weighted by molar-refractivity contribution is 0.0701. The Morgan fingerprint density at radius 2 is 2.43 bits per heavy atom. The van der Waals surface area contributed by atoms with Gasteiger partial charge in [0.1, 0.15) is 4.88 Å². The summed E-state index contributed by atoms with van der Waals surface area (Å²) in [5.74, 6) is 1.14. The highest BCUT2D eigenvalue weighted by Gasteiger charge is 2.10. The largest absolute Gasteiger partial charge is 0.477 e. The van der Waals surface area contributed by atoms with Crippen molar-refractivity contribution in [3.05, 3.63) is 21.9 Å². The van der Waals surface area contributed by atoms with Crippen LogP contribution in [0, 0.1) is 0 Å². The number of unbranched alkanes of at least 4 members (excludes halogenated alkanes) is 1. The first-order valence-electron chi connectivity index (χ1n) is 4.63. The first kappa shape index (κ1) is 11.6. The number of carbonyl (C=O) groups is 1. The van der Waals surface area contributed by atoms with Crippen LogP contribution in [-0.4, -0.2) is 16.8 Å². The first-order chi connectivity index (χ1) is 6.75. The van der Waals surface area contributed by atoms with Gasteiger partial charge in [-0.1, -0.05) is 13.3 Å². The summed E-state index contributed by atoms with van der Waals surface area (Å²) in [6, 6.07) is 1.91. The lowest BCUT2D eigenvalue weighted by Crippen LogP contribution is -1.96. The summed E-state index contributed by atoms with van der Waals surface area (Å²) in [4.78, 5) is 11.3. The molecular formula is C10H14O2S2. The fraction of sp³-hybridized carbons (Fsp3) is 0.500. The molecule has 1 aromatic rings. The van der Waals surface area contributed by atoms with Crippen molar-refractivity contribution in [1.82, 2.24) is 0 Å². The quantitative estimate of drug-likeness (QED) is 0.760. The fourth-order valence-corrected chi connectivity index (χ4v) is 3.02. The van der Waals surface area contributed by atoms with E-state index in [0.717, 1.165) is 17.1 Å². The zero-order valence-corrected chi connectivity index (χ0v) is 9.79. The number of hydrogen-bond acceptors (Lipinski definition) is 3. The molecule has 0 bridgehead atoms. The van der Waals surface area contributed by atoms with Crippen molar-refractivity contribution in [3.63, 3.8) is 0 Å². The van der Waals surface area contributed by atoms with Crippen LogP contribution in [0.15, 0.2) is 11.4 Å². The maximum Gasteiger partial charge on any atom is 0.346 e. The van der Waals surface area contributed by atoms with Gasteiger partial charge in [0.15, 0.2) is 0 Å². The average molecular weight is 230 g/mol. The van der Waals surface area contributed by atoms with Gasteiger partial charge in [0.05, 0.1) is 0 Å². The predicted octanol–water partition coefficient (Wildman–Crippen LogP) is 3.48. The molecule has 2 nitrogen and oxygen atoms in total. The van der Waals surface area contributed by atoms with Crippen molar-refractivity contribution in [3.8, 4) is 0 Å². The number of thiophene rings is 1. The Morgan fingerprint density at radius 3 is 3.07 bits per heavy atom. The molecule has 0 radical (unpaired) electrons. The molecule has 0 amide bonds. The van der Waals surface area contributed by atoms with Crippen LogP contribution in [0.4, 0.5) is 0 Å². The second-order valence-corrected chi connectivity index (χ2v) is 5.01. The Labute approximate surface area is 92.3 Å². The van der Waals surface area contributed by atoms with E-state index in [1.807, 2.05) is 23.2 Å². The van der Waals surface area contributed by atoms with Crippen LogP contribution in [0.2, 0.25) is 0 Å². The molecule has 0 saturated carbocycles. The number of thioether (sulfide) groups is 1. The zero-order chi connectivity index (χ0) is 10.4. The maximum absolute atomic E-state index is 10.8. The van der Waals surface area contributed by atoms with Crippen LogP contribution in [0.1, 0.15) is 35.0 Å². The Balaban J connectivity index is 2.42. The molecule has 1 heterocycles. The summed E-state index contributed by atoms with van der Waals surface area (Å²) in [6.45, 7) is 2.16. The molecule has 0 aliphatic rings. The van der Waals surface area contributed by atoms with Crippen LogP contribution in [0.5, 0.6) is 0 Å². The summed E-state index contributed by atoms with van der Waals surface area (Å²) in [5.41, 5.74) is 0.962. The number of carboxylic acid groups (broad SMARTS) is 1. The third-order valence-electron chi connectivity index (χ3n) is 1.84. The average Bonchev–Trinajstić information content (AvgIpc) is 2.60. The topological polar surface area (TPSA) is 37.3 Å². The van der Waals surface area contributed by atoms with Gasteiger partial charge in [-0.25, -0.2) is 4.79 Å². The van der Waals surface area contributed by atoms with Crippen molar-refractivity contribution in [2.24, 2.45) is 0 Å². The molecule has 0 spiro atoms. The molecule has 14 heavy (non-hydrogen) atoms. The van der Waals surface area contributed by atoms with Gasteiger partial charge in [-0.15, -0.1) is 11.3 Å². The molecule has 1 aromatic heterocycles. The highest BCUT2D eigenvalue weighted by atomic mass is 32.2. The standard InChI is InChI=1S/C10H14O2S2/c1-2-3-5-13-7-8-4-6-14-9(8)10(11)12/h4,6H,2-3,5,7H2,1H3,(H,11,12). The zero-order valence-electron chi connectivity index (χ0n) is 8.16. The molecule has 4 heteroatoms. The Bertz CT molecular complexity index is 294. The number of rotatable bonds is 6. The van der Waals surface area contributed by atoms with Crippen molar-refractivity contribution in [2.45, 2.75) is 25.5 Å². The molecule has 0 aliphatic heterocycles. The van der Waals surface area contributed by atoms with Gasteiger partial charge in [-0.3, -0.25) is 0 Å². The van der Waals surface area contributed by atoms with Gasteiger partial charge in [-0.05, 0) is 29.2 Å². The molecule has 0 saturated heterocycles. The van der Waals surface area contributed by atoms with Gasteiger partial charge in [-0.2, -0.15) is 11.8 Å². The van der Waals surface area contributed by atoms with Crippen molar-refractivity contribution in [1.29, 1.82) is 0 Å². The maximum atomic E-state index is 10.8. The summed E-state index contributed by atoms with van der Waals surface area (Å²) < 4.78 is 0. The minimum Gasteiger partial charge on any atom is -0.477 e. The summed E-state index contributed by atoms with van der Waals surface area (Å²) in [5, 5.41) is 10.7. The monoisotopic (exact) mass is 230 g/mol. The van der Waals surface area contributed by atoms with Crippen LogP contribution in [0.3, 0.4) is 0 Å². The molecule has 1 rings (SSSR count).